The minimum absolute atomic E-state index is 0.541. The summed E-state index contributed by atoms with van der Waals surface area (Å²) < 4.78 is 4.72. The molecule has 5 heteroatoms. The molecule has 0 aliphatic carbocycles. The Morgan fingerprint density at radius 2 is 2.29 bits per heavy atom. The fourth-order valence-electron chi connectivity index (χ4n) is 0.942. The zero-order chi connectivity index (χ0) is 9.80. The monoisotopic (exact) mass is 207 g/mol. The van der Waals surface area contributed by atoms with E-state index in [4.69, 9.17) is 10.3 Å². The lowest BCUT2D eigenvalue weighted by atomic mass is 10.4. The van der Waals surface area contributed by atoms with Crippen LogP contribution in [0.3, 0.4) is 0 Å². The van der Waals surface area contributed by atoms with Crippen LogP contribution in [-0.4, -0.2) is 10.1 Å². The molecule has 0 fully saturated rings. The van der Waals surface area contributed by atoms with Gasteiger partial charge in [0.1, 0.15) is 12.1 Å². The van der Waals surface area contributed by atoms with Crippen LogP contribution in [0.2, 0.25) is 0 Å². The van der Waals surface area contributed by atoms with Crippen molar-refractivity contribution in [3.05, 3.63) is 36.4 Å². The fraction of sp³-hybridized carbons (Fsp3) is 0.111. The molecule has 0 saturated carbocycles. The van der Waals surface area contributed by atoms with Crippen molar-refractivity contribution < 1.29 is 4.52 Å². The van der Waals surface area contributed by atoms with Gasteiger partial charge in [-0.05, 0) is 12.1 Å². The largest absolute Gasteiger partial charge is 0.384 e. The van der Waals surface area contributed by atoms with Crippen LogP contribution < -0.4 is 5.73 Å². The molecule has 2 N–H and O–H groups in total. The number of rotatable bonds is 3. The highest BCUT2D eigenvalue weighted by Crippen LogP contribution is 2.21. The molecule has 2 aromatic rings. The standard InChI is InChI=1S/C9H9N3OS/c10-9-2-1-8(4-11-9)14-6-7-3-12-13-5-7/h1-5H,6H2,(H2,10,11). The third kappa shape index (κ3) is 2.26. The molecule has 4 nitrogen and oxygen atoms in total. The van der Waals surface area contributed by atoms with Crippen LogP contribution in [0.15, 0.2) is 40.2 Å². The van der Waals surface area contributed by atoms with Crippen LogP contribution in [0, 0.1) is 0 Å². The van der Waals surface area contributed by atoms with Crippen molar-refractivity contribution in [2.45, 2.75) is 10.6 Å². The Hall–Kier alpha value is -1.49. The first-order valence-corrected chi connectivity index (χ1v) is 5.06. The Kier molecular flexibility index (Phi) is 2.69. The average Bonchev–Trinajstić information content (AvgIpc) is 2.70. The van der Waals surface area contributed by atoms with Crippen LogP contribution in [0.1, 0.15) is 5.56 Å². The van der Waals surface area contributed by atoms with Gasteiger partial charge in [-0.15, -0.1) is 11.8 Å². The molecule has 0 aliphatic rings. The summed E-state index contributed by atoms with van der Waals surface area (Å²) >= 11 is 1.67. The molecule has 2 heterocycles. The average molecular weight is 207 g/mol. The zero-order valence-electron chi connectivity index (χ0n) is 7.38. The number of thioether (sulfide) groups is 1. The van der Waals surface area contributed by atoms with Gasteiger partial charge in [0.15, 0.2) is 0 Å². The molecule has 0 aromatic carbocycles. The van der Waals surface area contributed by atoms with Gasteiger partial charge in [0, 0.05) is 22.4 Å². The first-order chi connectivity index (χ1) is 6.84. The van der Waals surface area contributed by atoms with E-state index in [1.54, 1.807) is 36.5 Å². The smallest absolute Gasteiger partial charge is 0.127 e. The van der Waals surface area contributed by atoms with E-state index in [0.717, 1.165) is 16.2 Å². The molecule has 0 amide bonds. The summed E-state index contributed by atoms with van der Waals surface area (Å²) in [6.45, 7) is 0. The zero-order valence-corrected chi connectivity index (χ0v) is 8.20. The highest BCUT2D eigenvalue weighted by atomic mass is 32.2. The number of pyridine rings is 1. The van der Waals surface area contributed by atoms with Gasteiger partial charge in [-0.3, -0.25) is 0 Å². The fourth-order valence-corrected chi connectivity index (χ4v) is 1.71. The molecule has 0 radical (unpaired) electrons. The Bertz CT molecular complexity index is 385. The topological polar surface area (TPSA) is 64.9 Å². The molecule has 0 bridgehead atoms. The number of hydrogen-bond acceptors (Lipinski definition) is 5. The molecule has 14 heavy (non-hydrogen) atoms. The first kappa shape index (κ1) is 9.08. The van der Waals surface area contributed by atoms with Gasteiger partial charge >= 0.3 is 0 Å². The Morgan fingerprint density at radius 3 is 2.93 bits per heavy atom. The lowest BCUT2D eigenvalue weighted by Gasteiger charge is -1.98. The molecule has 0 saturated heterocycles. The summed E-state index contributed by atoms with van der Waals surface area (Å²) in [7, 11) is 0. The van der Waals surface area contributed by atoms with Gasteiger partial charge in [-0.1, -0.05) is 5.16 Å². The van der Waals surface area contributed by atoms with E-state index < -0.39 is 0 Å². The number of anilines is 1. The molecule has 0 atom stereocenters. The third-order valence-electron chi connectivity index (χ3n) is 1.65. The van der Waals surface area contributed by atoms with E-state index in [2.05, 4.69) is 10.1 Å². The number of nitrogens with two attached hydrogens (primary N) is 1. The second kappa shape index (κ2) is 4.15. The summed E-state index contributed by atoms with van der Waals surface area (Å²) in [5, 5.41) is 3.62. The number of hydrogen-bond donors (Lipinski definition) is 1. The van der Waals surface area contributed by atoms with Crippen molar-refractivity contribution in [2.75, 3.05) is 5.73 Å². The second-order valence-corrected chi connectivity index (χ2v) is 3.79. The number of nitrogen functional groups attached to an aromatic ring is 1. The van der Waals surface area contributed by atoms with Gasteiger partial charge in [0.2, 0.25) is 0 Å². The quantitative estimate of drug-likeness (QED) is 0.779. The first-order valence-electron chi connectivity index (χ1n) is 4.07. The Balaban J connectivity index is 1.95. The van der Waals surface area contributed by atoms with Crippen LogP contribution in [-0.2, 0) is 5.75 Å². The Labute approximate surface area is 85.5 Å². The van der Waals surface area contributed by atoms with E-state index in [0.29, 0.717) is 5.82 Å². The molecular weight excluding hydrogens is 198 g/mol. The molecule has 72 valence electrons. The van der Waals surface area contributed by atoms with Crippen LogP contribution >= 0.6 is 11.8 Å². The normalized spacial score (nSPS) is 10.3. The summed E-state index contributed by atoms with van der Waals surface area (Å²) in [5.74, 6) is 1.37. The summed E-state index contributed by atoms with van der Waals surface area (Å²) in [4.78, 5) is 5.08. The maximum atomic E-state index is 5.47. The summed E-state index contributed by atoms with van der Waals surface area (Å²) in [6, 6.07) is 3.73. The highest BCUT2D eigenvalue weighted by molar-refractivity contribution is 7.98. The molecule has 2 aromatic heterocycles. The van der Waals surface area contributed by atoms with Crippen molar-refractivity contribution in [3.63, 3.8) is 0 Å². The molecule has 0 spiro atoms. The van der Waals surface area contributed by atoms with Gasteiger partial charge in [-0.25, -0.2) is 4.98 Å². The highest BCUT2D eigenvalue weighted by Gasteiger charge is 1.98. The van der Waals surface area contributed by atoms with E-state index in [1.807, 2.05) is 6.07 Å². The molecule has 2 rings (SSSR count). The van der Waals surface area contributed by atoms with Crippen LogP contribution in [0.4, 0.5) is 5.82 Å². The van der Waals surface area contributed by atoms with Gasteiger partial charge in [0.25, 0.3) is 0 Å². The molecule has 0 unspecified atom stereocenters. The maximum absolute atomic E-state index is 5.47. The third-order valence-corrected chi connectivity index (χ3v) is 2.70. The number of aromatic nitrogens is 2. The van der Waals surface area contributed by atoms with Crippen molar-refractivity contribution in [3.8, 4) is 0 Å². The van der Waals surface area contributed by atoms with Crippen LogP contribution in [0.5, 0.6) is 0 Å². The second-order valence-electron chi connectivity index (χ2n) is 2.74. The van der Waals surface area contributed by atoms with Crippen molar-refractivity contribution in [2.24, 2.45) is 0 Å². The van der Waals surface area contributed by atoms with Gasteiger partial charge < -0.3 is 10.3 Å². The lowest BCUT2D eigenvalue weighted by Crippen LogP contribution is -1.88. The molecule has 0 aliphatic heterocycles. The molecular formula is C9H9N3OS. The summed E-state index contributed by atoms with van der Waals surface area (Å²) in [6.07, 6.45) is 5.10. The van der Waals surface area contributed by atoms with Crippen molar-refractivity contribution >= 4 is 17.6 Å². The predicted octanol–water partition coefficient (Wildman–Crippen LogP) is 1.94. The van der Waals surface area contributed by atoms with Crippen LogP contribution in [0.25, 0.3) is 0 Å². The van der Waals surface area contributed by atoms with E-state index in [9.17, 15) is 0 Å². The minimum atomic E-state index is 0.541. The van der Waals surface area contributed by atoms with Gasteiger partial charge in [-0.2, -0.15) is 0 Å². The maximum Gasteiger partial charge on any atom is 0.127 e. The summed E-state index contributed by atoms with van der Waals surface area (Å²) in [5.41, 5.74) is 6.53. The van der Waals surface area contributed by atoms with Crippen molar-refractivity contribution in [1.82, 2.24) is 10.1 Å². The lowest BCUT2D eigenvalue weighted by molar-refractivity contribution is 0.419. The van der Waals surface area contributed by atoms with Gasteiger partial charge in [0.05, 0.1) is 6.20 Å². The van der Waals surface area contributed by atoms with Crippen molar-refractivity contribution in [1.29, 1.82) is 0 Å². The van der Waals surface area contributed by atoms with E-state index in [1.165, 1.54) is 0 Å². The minimum Gasteiger partial charge on any atom is -0.384 e. The van der Waals surface area contributed by atoms with E-state index in [-0.39, 0.29) is 0 Å². The predicted molar refractivity (Wildman–Crippen MR) is 54.7 cm³/mol. The van der Waals surface area contributed by atoms with E-state index >= 15 is 0 Å². The number of nitrogens with zero attached hydrogens (tertiary/aromatic N) is 2. The Morgan fingerprint density at radius 1 is 1.36 bits per heavy atom. The SMILES string of the molecule is Nc1ccc(SCc2cnoc2)cn1.